The van der Waals surface area contributed by atoms with Gasteiger partial charge >= 0.3 is 0 Å². The second kappa shape index (κ2) is 5.20. The third-order valence-corrected chi connectivity index (χ3v) is 3.88. The van der Waals surface area contributed by atoms with Gasteiger partial charge in [0.05, 0.1) is 5.56 Å². The molecule has 1 amide bonds. The highest BCUT2D eigenvalue weighted by Crippen LogP contribution is 2.32. The zero-order chi connectivity index (χ0) is 15.0. The van der Waals surface area contributed by atoms with E-state index in [1.54, 1.807) is 17.0 Å². The van der Waals surface area contributed by atoms with Crippen LogP contribution in [0.4, 0.5) is 15.8 Å². The second-order valence-corrected chi connectivity index (χ2v) is 5.39. The molecule has 4 heteroatoms. The molecule has 21 heavy (non-hydrogen) atoms. The van der Waals surface area contributed by atoms with Gasteiger partial charge in [-0.2, -0.15) is 0 Å². The quantitative estimate of drug-likeness (QED) is 0.817. The summed E-state index contributed by atoms with van der Waals surface area (Å²) in [5, 5.41) is 0. The largest absolute Gasteiger partial charge is 0.398 e. The topological polar surface area (TPSA) is 46.3 Å². The van der Waals surface area contributed by atoms with Gasteiger partial charge in [0.2, 0.25) is 0 Å². The van der Waals surface area contributed by atoms with Crippen molar-refractivity contribution in [3.05, 3.63) is 58.9 Å². The number of carbonyl (C=O) groups excluding carboxylic acids is 1. The summed E-state index contributed by atoms with van der Waals surface area (Å²) < 4.78 is 14.0. The van der Waals surface area contributed by atoms with Crippen molar-refractivity contribution < 1.29 is 9.18 Å². The van der Waals surface area contributed by atoms with Gasteiger partial charge in [-0.05, 0) is 49.6 Å². The number of rotatable bonds is 1. The molecular weight excluding hydrogens is 267 g/mol. The van der Waals surface area contributed by atoms with Crippen molar-refractivity contribution in [3.8, 4) is 0 Å². The lowest BCUT2D eigenvalue weighted by Gasteiger charge is -2.30. The van der Waals surface area contributed by atoms with E-state index in [1.165, 1.54) is 6.07 Å². The fourth-order valence-electron chi connectivity index (χ4n) is 2.81. The number of halogens is 1. The minimum atomic E-state index is -0.485. The molecule has 0 bridgehead atoms. The zero-order valence-corrected chi connectivity index (χ0v) is 11.9. The van der Waals surface area contributed by atoms with E-state index in [2.05, 4.69) is 0 Å². The van der Waals surface area contributed by atoms with Crippen LogP contribution in [0.1, 0.15) is 27.9 Å². The van der Waals surface area contributed by atoms with Crippen LogP contribution in [0.25, 0.3) is 0 Å². The lowest BCUT2D eigenvalue weighted by Crippen LogP contribution is -2.36. The number of fused-ring (bicyclic) bond motifs is 1. The molecule has 2 aromatic rings. The predicted molar refractivity (Wildman–Crippen MR) is 82.0 cm³/mol. The number of hydrogen-bond acceptors (Lipinski definition) is 2. The van der Waals surface area contributed by atoms with Crippen molar-refractivity contribution in [2.75, 3.05) is 17.2 Å². The van der Waals surface area contributed by atoms with Crippen molar-refractivity contribution in [1.29, 1.82) is 0 Å². The predicted octanol–water partition coefficient (Wildman–Crippen LogP) is 3.31. The molecule has 1 aliphatic rings. The number of aryl methyl sites for hydroxylation is 1. The minimum absolute atomic E-state index is 0.116. The zero-order valence-electron chi connectivity index (χ0n) is 11.9. The van der Waals surface area contributed by atoms with E-state index in [4.69, 9.17) is 5.73 Å². The van der Waals surface area contributed by atoms with Gasteiger partial charge in [0.25, 0.3) is 5.91 Å². The average Bonchev–Trinajstić information content (AvgIpc) is 2.49. The Morgan fingerprint density at radius 1 is 1.29 bits per heavy atom. The first-order valence-electron chi connectivity index (χ1n) is 7.03. The van der Waals surface area contributed by atoms with Gasteiger partial charge in [-0.3, -0.25) is 4.79 Å². The van der Waals surface area contributed by atoms with Crippen LogP contribution in [-0.4, -0.2) is 12.5 Å². The van der Waals surface area contributed by atoms with Crippen LogP contribution in [-0.2, 0) is 6.42 Å². The number of anilines is 2. The maximum atomic E-state index is 14.0. The average molecular weight is 284 g/mol. The number of hydrogen-bond donors (Lipinski definition) is 1. The van der Waals surface area contributed by atoms with Gasteiger partial charge in [-0.1, -0.05) is 17.7 Å². The van der Waals surface area contributed by atoms with Crippen LogP contribution in [0.2, 0.25) is 0 Å². The number of amides is 1. The summed E-state index contributed by atoms with van der Waals surface area (Å²) in [6.07, 6.45) is 1.68. The molecule has 0 unspecified atom stereocenters. The Hall–Kier alpha value is -2.36. The van der Waals surface area contributed by atoms with E-state index in [-0.39, 0.29) is 11.5 Å². The molecule has 0 saturated heterocycles. The summed E-state index contributed by atoms with van der Waals surface area (Å²) in [7, 11) is 0. The summed E-state index contributed by atoms with van der Waals surface area (Å²) in [6, 6.07) is 10.1. The molecule has 2 N–H and O–H groups in total. The van der Waals surface area contributed by atoms with Crippen molar-refractivity contribution in [2.45, 2.75) is 19.8 Å². The number of nitrogen functional groups attached to an aromatic ring is 1. The molecule has 108 valence electrons. The molecule has 0 radical (unpaired) electrons. The standard InChI is InChI=1S/C17H17FN2O/c1-11-7-8-14(18)13(10-11)17(21)20-9-3-4-12-15(19)5-2-6-16(12)20/h2,5-8,10H,3-4,9,19H2,1H3. The lowest BCUT2D eigenvalue weighted by molar-refractivity contribution is 0.0981. The van der Waals surface area contributed by atoms with E-state index in [1.807, 2.05) is 25.1 Å². The smallest absolute Gasteiger partial charge is 0.261 e. The fourth-order valence-corrected chi connectivity index (χ4v) is 2.81. The molecule has 2 aromatic carbocycles. The Labute approximate surface area is 123 Å². The highest BCUT2D eigenvalue weighted by molar-refractivity contribution is 6.07. The van der Waals surface area contributed by atoms with Gasteiger partial charge < -0.3 is 10.6 Å². The first kappa shape index (κ1) is 13.6. The number of nitrogens with two attached hydrogens (primary N) is 1. The van der Waals surface area contributed by atoms with Crippen LogP contribution in [0.5, 0.6) is 0 Å². The summed E-state index contributed by atoms with van der Waals surface area (Å²) in [6.45, 7) is 2.43. The fraction of sp³-hybridized carbons (Fsp3) is 0.235. The van der Waals surface area contributed by atoms with E-state index in [0.717, 1.165) is 29.7 Å². The Bertz CT molecular complexity index is 712. The highest BCUT2D eigenvalue weighted by atomic mass is 19.1. The van der Waals surface area contributed by atoms with Gasteiger partial charge in [0, 0.05) is 17.9 Å². The molecule has 0 atom stereocenters. The normalized spacial score (nSPS) is 13.9. The Morgan fingerprint density at radius 2 is 2.10 bits per heavy atom. The molecule has 0 aliphatic carbocycles. The number of carbonyl (C=O) groups is 1. The highest BCUT2D eigenvalue weighted by Gasteiger charge is 2.26. The summed E-state index contributed by atoms with van der Waals surface area (Å²) in [5.74, 6) is -0.788. The first-order chi connectivity index (χ1) is 10.1. The molecule has 0 saturated carbocycles. The summed E-state index contributed by atoms with van der Waals surface area (Å²) in [5.41, 5.74) is 9.43. The van der Waals surface area contributed by atoms with E-state index in [9.17, 15) is 9.18 Å². The summed E-state index contributed by atoms with van der Waals surface area (Å²) >= 11 is 0. The molecule has 3 nitrogen and oxygen atoms in total. The molecule has 1 aliphatic heterocycles. The van der Waals surface area contributed by atoms with E-state index < -0.39 is 5.82 Å². The third kappa shape index (κ3) is 2.37. The van der Waals surface area contributed by atoms with Crippen LogP contribution in [0.15, 0.2) is 36.4 Å². The molecular formula is C17H17FN2O. The van der Waals surface area contributed by atoms with Crippen LogP contribution in [0, 0.1) is 12.7 Å². The SMILES string of the molecule is Cc1ccc(F)c(C(=O)N2CCCc3c(N)cccc32)c1. The molecule has 0 spiro atoms. The van der Waals surface area contributed by atoms with Crippen LogP contribution in [0.3, 0.4) is 0 Å². The minimum Gasteiger partial charge on any atom is -0.398 e. The number of nitrogens with zero attached hydrogens (tertiary/aromatic N) is 1. The van der Waals surface area contributed by atoms with Gasteiger partial charge in [-0.15, -0.1) is 0 Å². The van der Waals surface area contributed by atoms with Crippen LogP contribution >= 0.6 is 0 Å². The first-order valence-corrected chi connectivity index (χ1v) is 7.03. The van der Waals surface area contributed by atoms with Crippen molar-refractivity contribution in [2.24, 2.45) is 0 Å². The Morgan fingerprint density at radius 3 is 2.90 bits per heavy atom. The second-order valence-electron chi connectivity index (χ2n) is 5.39. The van der Waals surface area contributed by atoms with Crippen molar-refractivity contribution in [3.63, 3.8) is 0 Å². The van der Waals surface area contributed by atoms with E-state index >= 15 is 0 Å². The van der Waals surface area contributed by atoms with Gasteiger partial charge in [0.15, 0.2) is 0 Å². The number of benzene rings is 2. The molecule has 0 fully saturated rings. The van der Waals surface area contributed by atoms with Crippen molar-refractivity contribution in [1.82, 2.24) is 0 Å². The maximum absolute atomic E-state index is 14.0. The van der Waals surface area contributed by atoms with Crippen LogP contribution < -0.4 is 10.6 Å². The summed E-state index contributed by atoms with van der Waals surface area (Å²) in [4.78, 5) is 14.3. The Balaban J connectivity index is 2.04. The molecule has 3 rings (SSSR count). The maximum Gasteiger partial charge on any atom is 0.261 e. The van der Waals surface area contributed by atoms with E-state index in [0.29, 0.717) is 12.2 Å². The lowest BCUT2D eigenvalue weighted by atomic mass is 9.98. The van der Waals surface area contributed by atoms with Gasteiger partial charge in [0.1, 0.15) is 5.82 Å². The Kier molecular flexibility index (Phi) is 3.37. The third-order valence-electron chi connectivity index (χ3n) is 3.88. The monoisotopic (exact) mass is 284 g/mol. The van der Waals surface area contributed by atoms with Gasteiger partial charge in [-0.25, -0.2) is 4.39 Å². The van der Waals surface area contributed by atoms with Crippen molar-refractivity contribution >= 4 is 17.3 Å². The molecule has 1 heterocycles. The molecule has 0 aromatic heterocycles.